The number of hydrogen-bond acceptors (Lipinski definition) is 4. The number of carbonyl (C=O) groups excluding carboxylic acids is 1. The van der Waals surface area contributed by atoms with Crippen LogP contribution in [0.2, 0.25) is 0 Å². The number of hydrogen-bond donors (Lipinski definition) is 3. The summed E-state index contributed by atoms with van der Waals surface area (Å²) in [4.78, 5) is 21.0. The van der Waals surface area contributed by atoms with Crippen LogP contribution >= 0.6 is 0 Å². The Labute approximate surface area is 91.2 Å². The van der Waals surface area contributed by atoms with Gasteiger partial charge >= 0.3 is 5.97 Å². The number of para-hydroxylation sites is 1. The quantitative estimate of drug-likeness (QED) is 0.388. The number of nitrogens with zero attached hydrogens (tertiary/aromatic N) is 1. The fraction of sp³-hybridized carbons (Fsp3) is 0.100. The smallest absolute Gasteiger partial charge is 0.312 e. The highest BCUT2D eigenvalue weighted by Gasteiger charge is 2.05. The van der Waals surface area contributed by atoms with Gasteiger partial charge in [-0.3, -0.25) is 9.59 Å². The highest BCUT2D eigenvalue weighted by Crippen LogP contribution is 2.12. The minimum Gasteiger partial charge on any atom is -0.507 e. The third-order valence-corrected chi connectivity index (χ3v) is 1.64. The molecule has 0 aromatic heterocycles. The first-order valence-electron chi connectivity index (χ1n) is 4.41. The zero-order valence-electron chi connectivity index (χ0n) is 8.25. The van der Waals surface area contributed by atoms with E-state index in [0.29, 0.717) is 5.56 Å². The summed E-state index contributed by atoms with van der Waals surface area (Å²) in [5.41, 5.74) is 2.46. The molecule has 1 aromatic carbocycles. The van der Waals surface area contributed by atoms with Crippen molar-refractivity contribution in [1.29, 1.82) is 0 Å². The minimum absolute atomic E-state index is 0.0266. The van der Waals surface area contributed by atoms with Gasteiger partial charge in [-0.2, -0.15) is 5.10 Å². The summed E-state index contributed by atoms with van der Waals surface area (Å²) in [6, 6.07) is 6.42. The summed E-state index contributed by atoms with van der Waals surface area (Å²) in [5.74, 6) is -1.92. The predicted molar refractivity (Wildman–Crippen MR) is 56.1 cm³/mol. The van der Waals surface area contributed by atoms with Gasteiger partial charge in [-0.25, -0.2) is 5.43 Å². The SMILES string of the molecule is O=C(O)CC(=O)NN=Cc1ccccc1O. The molecule has 16 heavy (non-hydrogen) atoms. The van der Waals surface area contributed by atoms with E-state index >= 15 is 0 Å². The van der Waals surface area contributed by atoms with Crippen molar-refractivity contribution < 1.29 is 19.8 Å². The number of phenolic OH excluding ortho intramolecular Hbond substituents is 1. The Morgan fingerprint density at radius 2 is 2.06 bits per heavy atom. The van der Waals surface area contributed by atoms with Crippen molar-refractivity contribution in [3.8, 4) is 5.75 Å². The second kappa shape index (κ2) is 5.50. The Hall–Kier alpha value is -2.37. The third kappa shape index (κ3) is 3.79. The van der Waals surface area contributed by atoms with Crippen molar-refractivity contribution in [2.45, 2.75) is 6.42 Å². The normalized spacial score (nSPS) is 10.2. The number of aliphatic carboxylic acids is 1. The first-order chi connectivity index (χ1) is 7.59. The van der Waals surface area contributed by atoms with Crippen LogP contribution in [-0.4, -0.2) is 28.3 Å². The number of carboxylic acids is 1. The average molecular weight is 222 g/mol. The maximum absolute atomic E-state index is 10.9. The van der Waals surface area contributed by atoms with E-state index in [1.807, 2.05) is 5.43 Å². The summed E-state index contributed by atoms with van der Waals surface area (Å²) in [6.07, 6.45) is 0.590. The lowest BCUT2D eigenvalue weighted by atomic mass is 10.2. The van der Waals surface area contributed by atoms with Gasteiger partial charge in [0.2, 0.25) is 0 Å². The molecular weight excluding hydrogens is 212 g/mol. The number of hydrazone groups is 1. The second-order valence-corrected chi connectivity index (χ2v) is 2.92. The van der Waals surface area contributed by atoms with Crippen LogP contribution in [0.4, 0.5) is 0 Å². The molecule has 6 nitrogen and oxygen atoms in total. The van der Waals surface area contributed by atoms with E-state index in [4.69, 9.17) is 5.11 Å². The Bertz CT molecular complexity index is 429. The van der Waals surface area contributed by atoms with Crippen molar-refractivity contribution >= 4 is 18.1 Å². The van der Waals surface area contributed by atoms with E-state index in [1.54, 1.807) is 18.2 Å². The molecule has 0 saturated carbocycles. The number of phenols is 1. The topological polar surface area (TPSA) is 99.0 Å². The molecule has 1 rings (SSSR count). The zero-order valence-corrected chi connectivity index (χ0v) is 8.25. The van der Waals surface area contributed by atoms with Crippen molar-refractivity contribution in [2.24, 2.45) is 5.10 Å². The molecule has 0 aliphatic rings. The van der Waals surface area contributed by atoms with E-state index in [0.717, 1.165) is 0 Å². The van der Waals surface area contributed by atoms with Crippen LogP contribution in [0.5, 0.6) is 5.75 Å². The van der Waals surface area contributed by atoms with Crippen LogP contribution in [-0.2, 0) is 9.59 Å². The molecule has 0 unspecified atom stereocenters. The monoisotopic (exact) mass is 222 g/mol. The molecule has 0 spiro atoms. The number of carbonyl (C=O) groups is 2. The van der Waals surface area contributed by atoms with Gasteiger partial charge in [-0.05, 0) is 12.1 Å². The number of amides is 1. The number of nitrogens with one attached hydrogen (secondary N) is 1. The van der Waals surface area contributed by atoms with Gasteiger partial charge < -0.3 is 10.2 Å². The summed E-state index contributed by atoms with van der Waals surface area (Å²) < 4.78 is 0. The molecule has 0 atom stereocenters. The number of rotatable bonds is 4. The molecule has 3 N–H and O–H groups in total. The molecule has 0 saturated heterocycles. The van der Waals surface area contributed by atoms with E-state index in [1.165, 1.54) is 12.3 Å². The second-order valence-electron chi connectivity index (χ2n) is 2.92. The van der Waals surface area contributed by atoms with Gasteiger partial charge in [-0.15, -0.1) is 0 Å². The zero-order chi connectivity index (χ0) is 12.0. The Morgan fingerprint density at radius 1 is 1.38 bits per heavy atom. The van der Waals surface area contributed by atoms with Gasteiger partial charge in [0.15, 0.2) is 0 Å². The van der Waals surface area contributed by atoms with Crippen molar-refractivity contribution in [2.75, 3.05) is 0 Å². The average Bonchev–Trinajstić information content (AvgIpc) is 2.19. The molecule has 84 valence electrons. The molecule has 6 heteroatoms. The van der Waals surface area contributed by atoms with E-state index in [9.17, 15) is 14.7 Å². The van der Waals surface area contributed by atoms with Crippen molar-refractivity contribution in [1.82, 2.24) is 5.43 Å². The summed E-state index contributed by atoms with van der Waals surface area (Å²) in [6.45, 7) is 0. The van der Waals surface area contributed by atoms with Crippen LogP contribution < -0.4 is 5.43 Å². The van der Waals surface area contributed by atoms with Crippen molar-refractivity contribution in [3.05, 3.63) is 29.8 Å². The van der Waals surface area contributed by atoms with E-state index in [2.05, 4.69) is 5.10 Å². The largest absolute Gasteiger partial charge is 0.507 e. The van der Waals surface area contributed by atoms with Gasteiger partial charge in [-0.1, -0.05) is 12.1 Å². The van der Waals surface area contributed by atoms with Crippen molar-refractivity contribution in [3.63, 3.8) is 0 Å². The lowest BCUT2D eigenvalue weighted by Crippen LogP contribution is -2.20. The molecule has 1 aromatic rings. The minimum atomic E-state index is -1.23. The first kappa shape index (κ1) is 11.7. The maximum atomic E-state index is 10.9. The molecule has 0 bridgehead atoms. The van der Waals surface area contributed by atoms with E-state index in [-0.39, 0.29) is 5.75 Å². The van der Waals surface area contributed by atoms with Gasteiger partial charge in [0.05, 0.1) is 6.21 Å². The Morgan fingerprint density at radius 3 is 2.69 bits per heavy atom. The lowest BCUT2D eigenvalue weighted by molar-refractivity contribution is -0.140. The standard InChI is InChI=1S/C10H10N2O4/c13-8-4-2-1-3-7(8)6-11-12-9(14)5-10(15)16/h1-4,6,13H,5H2,(H,12,14)(H,15,16). The first-order valence-corrected chi connectivity index (χ1v) is 4.41. The van der Waals surface area contributed by atoms with Crippen LogP contribution in [0.25, 0.3) is 0 Å². The Kier molecular flexibility index (Phi) is 4.02. The van der Waals surface area contributed by atoms with Gasteiger partial charge in [0.1, 0.15) is 12.2 Å². The van der Waals surface area contributed by atoms with Gasteiger partial charge in [0, 0.05) is 5.56 Å². The Balaban J connectivity index is 2.52. The maximum Gasteiger partial charge on any atom is 0.312 e. The number of benzene rings is 1. The summed E-state index contributed by atoms with van der Waals surface area (Å²) in [5, 5.41) is 21.1. The number of aromatic hydroxyl groups is 1. The highest BCUT2D eigenvalue weighted by molar-refractivity contribution is 5.94. The van der Waals surface area contributed by atoms with Gasteiger partial charge in [0.25, 0.3) is 5.91 Å². The highest BCUT2D eigenvalue weighted by atomic mass is 16.4. The molecule has 0 heterocycles. The fourth-order valence-electron chi connectivity index (χ4n) is 0.947. The van der Waals surface area contributed by atoms with Crippen LogP contribution in [0.1, 0.15) is 12.0 Å². The molecule has 1 amide bonds. The molecular formula is C10H10N2O4. The molecule has 0 radical (unpaired) electrons. The van der Waals surface area contributed by atoms with Crippen LogP contribution in [0, 0.1) is 0 Å². The third-order valence-electron chi connectivity index (χ3n) is 1.64. The fourth-order valence-corrected chi connectivity index (χ4v) is 0.947. The summed E-state index contributed by atoms with van der Waals surface area (Å²) in [7, 11) is 0. The van der Waals surface area contributed by atoms with Crippen LogP contribution in [0.3, 0.4) is 0 Å². The predicted octanol–water partition coefficient (Wildman–Crippen LogP) is 0.317. The summed E-state index contributed by atoms with van der Waals surface area (Å²) >= 11 is 0. The van der Waals surface area contributed by atoms with Crippen LogP contribution in [0.15, 0.2) is 29.4 Å². The molecule has 0 fully saturated rings. The molecule has 0 aliphatic carbocycles. The number of carboxylic acid groups (broad SMARTS) is 1. The molecule has 0 aliphatic heterocycles. The van der Waals surface area contributed by atoms with E-state index < -0.39 is 18.3 Å². The lowest BCUT2D eigenvalue weighted by Gasteiger charge is -1.97.